The lowest BCUT2D eigenvalue weighted by atomic mass is 10.1. The minimum absolute atomic E-state index is 0.0670. The Hall–Kier alpha value is -1.57. The van der Waals surface area contributed by atoms with Crippen LogP contribution in [0, 0.1) is 17.2 Å². The van der Waals surface area contributed by atoms with Gasteiger partial charge in [0.05, 0.1) is 6.61 Å². The van der Waals surface area contributed by atoms with E-state index in [2.05, 4.69) is 19.2 Å². The first-order chi connectivity index (χ1) is 8.67. The molecule has 1 aromatic carbocycles. The van der Waals surface area contributed by atoms with E-state index >= 15 is 0 Å². The lowest BCUT2D eigenvalue weighted by Crippen LogP contribution is -2.36. The zero-order chi connectivity index (χ0) is 13.4. The number of ether oxygens (including phenoxy) is 1. The topological polar surface area (TPSA) is 65.3 Å². The van der Waals surface area contributed by atoms with Crippen molar-refractivity contribution >= 4 is 0 Å². The van der Waals surface area contributed by atoms with E-state index in [9.17, 15) is 5.11 Å². The van der Waals surface area contributed by atoms with Crippen molar-refractivity contribution in [3.8, 4) is 11.8 Å². The molecule has 0 saturated heterocycles. The summed E-state index contributed by atoms with van der Waals surface area (Å²) in [6, 6.07) is 9.63. The Morgan fingerprint density at radius 2 is 2.00 bits per heavy atom. The molecule has 4 heteroatoms. The normalized spacial score (nSPS) is 12.2. The fraction of sp³-hybridized carbons (Fsp3) is 0.500. The van der Waals surface area contributed by atoms with Crippen LogP contribution in [0.1, 0.15) is 19.4 Å². The van der Waals surface area contributed by atoms with E-state index in [0.29, 0.717) is 18.2 Å². The van der Waals surface area contributed by atoms with Gasteiger partial charge in [-0.3, -0.25) is 0 Å². The van der Waals surface area contributed by atoms with Gasteiger partial charge < -0.3 is 15.2 Å². The number of nitrogens with one attached hydrogen (secondary N) is 1. The number of aliphatic hydroxyl groups excluding tert-OH is 1. The van der Waals surface area contributed by atoms with Gasteiger partial charge in [0.15, 0.2) is 6.61 Å². The molecule has 0 radical (unpaired) electrons. The van der Waals surface area contributed by atoms with Crippen molar-refractivity contribution in [3.63, 3.8) is 0 Å². The van der Waals surface area contributed by atoms with Crippen LogP contribution in [0.3, 0.4) is 0 Å². The summed E-state index contributed by atoms with van der Waals surface area (Å²) in [5, 5.41) is 20.9. The van der Waals surface area contributed by atoms with E-state index in [4.69, 9.17) is 10.00 Å². The van der Waals surface area contributed by atoms with Crippen LogP contribution < -0.4 is 10.1 Å². The predicted molar refractivity (Wildman–Crippen MR) is 70.1 cm³/mol. The third-order valence-corrected chi connectivity index (χ3v) is 2.80. The Bertz CT molecular complexity index is 382. The second-order valence-electron chi connectivity index (χ2n) is 4.50. The zero-order valence-electron chi connectivity index (χ0n) is 10.9. The quantitative estimate of drug-likeness (QED) is 0.770. The highest BCUT2D eigenvalue weighted by molar-refractivity contribution is 5.27. The monoisotopic (exact) mass is 248 g/mol. The van der Waals surface area contributed by atoms with Crippen LogP contribution in [-0.4, -0.2) is 24.4 Å². The zero-order valence-corrected chi connectivity index (χ0v) is 10.9. The molecule has 0 fully saturated rings. The first-order valence-corrected chi connectivity index (χ1v) is 6.10. The maximum Gasteiger partial charge on any atom is 0.174 e. The molecule has 0 heterocycles. The van der Waals surface area contributed by atoms with Crippen molar-refractivity contribution in [1.29, 1.82) is 5.26 Å². The van der Waals surface area contributed by atoms with Gasteiger partial charge in [0.25, 0.3) is 0 Å². The first-order valence-electron chi connectivity index (χ1n) is 6.10. The standard InChI is InChI=1S/C14H20N2O2/c1-11(2)14(10-17)16-9-12-3-5-13(6-4-12)18-8-7-15/h3-6,11,14,16-17H,8-10H2,1-2H3/t14-/m1/s1. The van der Waals surface area contributed by atoms with Crippen molar-refractivity contribution in [3.05, 3.63) is 29.8 Å². The molecule has 0 aliphatic rings. The molecule has 1 aromatic rings. The Kier molecular flexibility index (Phi) is 6.20. The van der Waals surface area contributed by atoms with Crippen molar-refractivity contribution in [2.75, 3.05) is 13.2 Å². The average molecular weight is 248 g/mol. The number of hydrogen-bond donors (Lipinski definition) is 2. The van der Waals surface area contributed by atoms with Gasteiger partial charge in [0, 0.05) is 12.6 Å². The van der Waals surface area contributed by atoms with Gasteiger partial charge >= 0.3 is 0 Å². The number of hydrogen-bond acceptors (Lipinski definition) is 4. The van der Waals surface area contributed by atoms with E-state index in [1.807, 2.05) is 30.3 Å². The maximum absolute atomic E-state index is 9.20. The molecular weight excluding hydrogens is 228 g/mol. The SMILES string of the molecule is CC(C)[C@@H](CO)NCc1ccc(OCC#N)cc1. The number of rotatable bonds is 7. The highest BCUT2D eigenvalue weighted by atomic mass is 16.5. The van der Waals surface area contributed by atoms with Gasteiger partial charge in [0.2, 0.25) is 0 Å². The molecule has 0 aliphatic heterocycles. The predicted octanol–water partition coefficient (Wildman–Crippen LogP) is 1.70. The van der Waals surface area contributed by atoms with Gasteiger partial charge in [-0.15, -0.1) is 0 Å². The summed E-state index contributed by atoms with van der Waals surface area (Å²) in [5.74, 6) is 1.09. The molecule has 0 aliphatic carbocycles. The molecule has 0 unspecified atom stereocenters. The molecule has 0 spiro atoms. The second kappa shape index (κ2) is 7.70. The number of nitrogens with zero attached hydrogens (tertiary/aromatic N) is 1. The summed E-state index contributed by atoms with van der Waals surface area (Å²) in [7, 11) is 0. The Balaban J connectivity index is 2.46. The Morgan fingerprint density at radius 1 is 1.33 bits per heavy atom. The van der Waals surface area contributed by atoms with Crippen LogP contribution in [0.4, 0.5) is 0 Å². The second-order valence-corrected chi connectivity index (χ2v) is 4.50. The number of aliphatic hydroxyl groups is 1. The van der Waals surface area contributed by atoms with E-state index in [1.165, 1.54) is 0 Å². The smallest absolute Gasteiger partial charge is 0.174 e. The Labute approximate surface area is 108 Å². The minimum Gasteiger partial charge on any atom is -0.479 e. The molecule has 0 saturated carbocycles. The molecule has 0 amide bonds. The summed E-state index contributed by atoms with van der Waals surface area (Å²) in [5.41, 5.74) is 1.12. The molecule has 1 atom stereocenters. The molecule has 18 heavy (non-hydrogen) atoms. The first kappa shape index (κ1) is 14.5. The van der Waals surface area contributed by atoms with Gasteiger partial charge in [-0.05, 0) is 23.6 Å². The summed E-state index contributed by atoms with van der Waals surface area (Å²) in [4.78, 5) is 0. The lowest BCUT2D eigenvalue weighted by Gasteiger charge is -2.20. The van der Waals surface area contributed by atoms with E-state index < -0.39 is 0 Å². The molecule has 2 N–H and O–H groups in total. The van der Waals surface area contributed by atoms with E-state index in [1.54, 1.807) is 0 Å². The Morgan fingerprint density at radius 3 is 2.50 bits per heavy atom. The third-order valence-electron chi connectivity index (χ3n) is 2.80. The largest absolute Gasteiger partial charge is 0.479 e. The van der Waals surface area contributed by atoms with Crippen molar-refractivity contribution in [2.45, 2.75) is 26.4 Å². The molecule has 98 valence electrons. The van der Waals surface area contributed by atoms with E-state index in [0.717, 1.165) is 5.56 Å². The van der Waals surface area contributed by atoms with Crippen LogP contribution in [-0.2, 0) is 6.54 Å². The summed E-state index contributed by atoms with van der Waals surface area (Å²) in [6.45, 7) is 5.07. The fourth-order valence-electron chi connectivity index (χ4n) is 1.58. The van der Waals surface area contributed by atoms with Crippen LogP contribution in [0.15, 0.2) is 24.3 Å². The highest BCUT2D eigenvalue weighted by Crippen LogP contribution is 2.12. The van der Waals surface area contributed by atoms with E-state index in [-0.39, 0.29) is 19.3 Å². The van der Waals surface area contributed by atoms with Crippen LogP contribution in [0.5, 0.6) is 5.75 Å². The van der Waals surface area contributed by atoms with Crippen molar-refractivity contribution < 1.29 is 9.84 Å². The highest BCUT2D eigenvalue weighted by Gasteiger charge is 2.10. The average Bonchev–Trinajstić information content (AvgIpc) is 2.38. The van der Waals surface area contributed by atoms with Gasteiger partial charge in [0.1, 0.15) is 11.8 Å². The number of nitriles is 1. The summed E-state index contributed by atoms with van der Waals surface area (Å²) < 4.78 is 5.17. The van der Waals surface area contributed by atoms with Crippen molar-refractivity contribution in [2.24, 2.45) is 5.92 Å². The van der Waals surface area contributed by atoms with Crippen LogP contribution in [0.25, 0.3) is 0 Å². The van der Waals surface area contributed by atoms with Gasteiger partial charge in [-0.2, -0.15) is 5.26 Å². The summed E-state index contributed by atoms with van der Waals surface area (Å²) in [6.07, 6.45) is 0. The van der Waals surface area contributed by atoms with Crippen LogP contribution >= 0.6 is 0 Å². The molecular formula is C14H20N2O2. The summed E-state index contributed by atoms with van der Waals surface area (Å²) >= 11 is 0. The lowest BCUT2D eigenvalue weighted by molar-refractivity contribution is 0.210. The molecule has 1 rings (SSSR count). The van der Waals surface area contributed by atoms with Gasteiger partial charge in [-0.1, -0.05) is 26.0 Å². The maximum atomic E-state index is 9.20. The fourth-order valence-corrected chi connectivity index (χ4v) is 1.58. The minimum atomic E-state index is 0.0670. The third kappa shape index (κ3) is 4.74. The van der Waals surface area contributed by atoms with Gasteiger partial charge in [-0.25, -0.2) is 0 Å². The van der Waals surface area contributed by atoms with Crippen LogP contribution in [0.2, 0.25) is 0 Å². The van der Waals surface area contributed by atoms with Crippen molar-refractivity contribution in [1.82, 2.24) is 5.32 Å². The molecule has 4 nitrogen and oxygen atoms in total. The molecule has 0 aromatic heterocycles. The molecule has 0 bridgehead atoms. The number of benzene rings is 1.